The minimum atomic E-state index is -0.282. The number of anilines is 3. The normalized spacial score (nSPS) is 19.0. The summed E-state index contributed by atoms with van der Waals surface area (Å²) >= 11 is 0. The first-order chi connectivity index (χ1) is 27.1. The number of carbonyl (C=O) groups is 2. The van der Waals surface area contributed by atoms with Gasteiger partial charge in [-0.1, -0.05) is 0 Å². The number of hydrogen-bond donors (Lipinski definition) is 0. The molecule has 0 bridgehead atoms. The fourth-order valence-corrected chi connectivity index (χ4v) is 8.11. The molecule has 0 spiro atoms. The molecule has 16 heteroatoms. The highest BCUT2D eigenvalue weighted by molar-refractivity contribution is 5.79. The predicted molar refractivity (Wildman–Crippen MR) is 208 cm³/mol. The molecule has 0 N–H and O–H groups in total. The highest BCUT2D eigenvalue weighted by Crippen LogP contribution is 2.34. The Labute approximate surface area is 327 Å². The van der Waals surface area contributed by atoms with E-state index >= 15 is 0 Å². The van der Waals surface area contributed by atoms with Crippen LogP contribution >= 0.6 is 0 Å². The highest BCUT2D eigenvalue weighted by atomic mass is 16.6. The second-order valence-corrected chi connectivity index (χ2v) is 15.8. The molecule has 6 aliphatic rings. The van der Waals surface area contributed by atoms with Crippen LogP contribution in [-0.2, 0) is 35.7 Å². The van der Waals surface area contributed by atoms with Crippen LogP contribution in [0.15, 0.2) is 30.7 Å². The summed E-state index contributed by atoms with van der Waals surface area (Å²) in [7, 11) is 0. The Hall–Kier alpha value is -5.51. The average molecular weight is 760 g/mol. The van der Waals surface area contributed by atoms with Gasteiger partial charge < -0.3 is 24.3 Å². The van der Waals surface area contributed by atoms with Crippen molar-refractivity contribution in [2.45, 2.75) is 78.7 Å². The number of likely N-dealkylation sites (tertiary alicyclic amines) is 1. The Morgan fingerprint density at radius 1 is 0.696 bits per heavy atom. The molecule has 4 aromatic heterocycles. The Bertz CT molecular complexity index is 2130. The fourth-order valence-electron chi connectivity index (χ4n) is 8.11. The third-order valence-electron chi connectivity index (χ3n) is 11.6. The van der Waals surface area contributed by atoms with Crippen molar-refractivity contribution < 1.29 is 14.3 Å². The predicted octanol–water partition coefficient (Wildman–Crippen LogP) is 3.07. The van der Waals surface area contributed by atoms with E-state index in [-0.39, 0.29) is 18.1 Å². The summed E-state index contributed by atoms with van der Waals surface area (Å²) in [6, 6.07) is 4.24. The lowest BCUT2D eigenvalue weighted by molar-refractivity contribution is -0.134. The lowest BCUT2D eigenvalue weighted by atomic mass is 9.92. The van der Waals surface area contributed by atoms with Crippen molar-refractivity contribution in [2.75, 3.05) is 73.6 Å². The molecule has 0 unspecified atom stereocenters. The number of hydrogen-bond acceptors (Lipinski definition) is 14. The van der Waals surface area contributed by atoms with Crippen molar-refractivity contribution in [1.82, 2.24) is 49.6 Å². The number of aryl methyl sites for hydroxylation is 4. The molecule has 16 nitrogen and oxygen atoms in total. The monoisotopic (exact) mass is 759 g/mol. The quantitative estimate of drug-likeness (QED) is 0.271. The number of aromatic nitrogens is 7. The number of fused-ring (bicyclic) bond motifs is 2. The van der Waals surface area contributed by atoms with Crippen LogP contribution in [0, 0.1) is 27.7 Å². The second-order valence-electron chi connectivity index (χ2n) is 15.8. The van der Waals surface area contributed by atoms with E-state index in [0.717, 1.165) is 102 Å². The van der Waals surface area contributed by atoms with Crippen LogP contribution < -0.4 is 14.7 Å². The van der Waals surface area contributed by atoms with E-state index in [0.29, 0.717) is 51.7 Å². The summed E-state index contributed by atoms with van der Waals surface area (Å²) in [4.78, 5) is 69.2. The van der Waals surface area contributed by atoms with Crippen LogP contribution in [0.5, 0.6) is 0 Å². The van der Waals surface area contributed by atoms with Crippen molar-refractivity contribution in [3.05, 3.63) is 82.0 Å². The Kier molecular flexibility index (Phi) is 9.59. The van der Waals surface area contributed by atoms with E-state index in [1.807, 2.05) is 38.8 Å². The van der Waals surface area contributed by atoms with Gasteiger partial charge in [0, 0.05) is 68.2 Å². The van der Waals surface area contributed by atoms with Gasteiger partial charge in [-0.3, -0.25) is 19.6 Å². The largest absolute Gasteiger partial charge is 0.442 e. The maximum atomic E-state index is 12.9. The summed E-state index contributed by atoms with van der Waals surface area (Å²) in [6.45, 7) is 17.8. The van der Waals surface area contributed by atoms with Crippen molar-refractivity contribution in [2.24, 2.45) is 0 Å². The first-order valence-electron chi connectivity index (χ1n) is 19.8. The van der Waals surface area contributed by atoms with E-state index in [9.17, 15) is 9.59 Å². The zero-order chi connectivity index (χ0) is 38.5. The van der Waals surface area contributed by atoms with E-state index < -0.39 is 0 Å². The molecule has 0 aliphatic carbocycles. The fraction of sp³-hybridized carbons (Fsp3) is 0.525. The molecule has 2 amide bonds. The van der Waals surface area contributed by atoms with Crippen molar-refractivity contribution in [1.29, 1.82) is 0 Å². The number of ether oxygens (including phenoxy) is 1. The molecule has 0 radical (unpaired) electrons. The first-order valence-corrected chi connectivity index (χ1v) is 19.8. The molecule has 0 aromatic carbocycles. The zero-order valence-corrected chi connectivity index (χ0v) is 32.7. The number of nitrogens with zero attached hydrogens (tertiary/aromatic N) is 13. The van der Waals surface area contributed by atoms with Crippen LogP contribution in [0.25, 0.3) is 0 Å². The maximum Gasteiger partial charge on any atom is 0.410 e. The zero-order valence-electron chi connectivity index (χ0n) is 32.7. The smallest absolute Gasteiger partial charge is 0.410 e. The van der Waals surface area contributed by atoms with Gasteiger partial charge in [0.15, 0.2) is 0 Å². The molecular formula is C40H49N13O3. The van der Waals surface area contributed by atoms with Crippen LogP contribution in [0.1, 0.15) is 70.0 Å². The lowest BCUT2D eigenvalue weighted by Crippen LogP contribution is -2.54. The van der Waals surface area contributed by atoms with Gasteiger partial charge in [-0.15, -0.1) is 0 Å². The second kappa shape index (κ2) is 14.9. The van der Waals surface area contributed by atoms with Crippen LogP contribution in [0.3, 0.4) is 0 Å². The third-order valence-corrected chi connectivity index (χ3v) is 11.6. The van der Waals surface area contributed by atoms with Crippen molar-refractivity contribution in [3.8, 4) is 0 Å². The van der Waals surface area contributed by atoms with E-state index in [2.05, 4.69) is 66.6 Å². The van der Waals surface area contributed by atoms with Gasteiger partial charge in [0.2, 0.25) is 5.91 Å². The lowest BCUT2D eigenvalue weighted by Gasteiger charge is -2.40. The van der Waals surface area contributed by atoms with Gasteiger partial charge in [-0.2, -0.15) is 0 Å². The first kappa shape index (κ1) is 36.1. The molecule has 4 fully saturated rings. The summed E-state index contributed by atoms with van der Waals surface area (Å²) in [6.07, 6.45) is 7.49. The number of pyridine rings is 1. The minimum absolute atomic E-state index is 0.111. The van der Waals surface area contributed by atoms with Crippen LogP contribution in [0.4, 0.5) is 22.1 Å². The SMILES string of the molecule is Cc1cc(C2CN(CC(=O)N3Cc4nc(C)nc(N5CCC5)c4C3)C2)ccn1.Cc1ncc(N2CC(OC(=O)N3Cc4nc(C)nc(N5CCC5)c4C3)C2)cn1. The van der Waals surface area contributed by atoms with Gasteiger partial charge >= 0.3 is 6.09 Å². The van der Waals surface area contributed by atoms with Gasteiger partial charge in [-0.25, -0.2) is 34.7 Å². The van der Waals surface area contributed by atoms with E-state index in [1.165, 1.54) is 18.4 Å². The summed E-state index contributed by atoms with van der Waals surface area (Å²) < 4.78 is 5.69. The topological polar surface area (TPSA) is 153 Å². The number of carbonyl (C=O) groups excluding carboxylic acids is 2. The Morgan fingerprint density at radius 3 is 1.86 bits per heavy atom. The molecule has 10 heterocycles. The molecule has 10 rings (SSSR count). The molecule has 56 heavy (non-hydrogen) atoms. The van der Waals surface area contributed by atoms with Crippen LogP contribution in [0.2, 0.25) is 0 Å². The number of rotatable bonds is 7. The summed E-state index contributed by atoms with van der Waals surface area (Å²) in [5.74, 6) is 5.03. The van der Waals surface area contributed by atoms with Gasteiger partial charge in [-0.05, 0) is 58.2 Å². The van der Waals surface area contributed by atoms with Crippen LogP contribution in [-0.4, -0.2) is 127 Å². The molecule has 6 aliphatic heterocycles. The van der Waals surface area contributed by atoms with E-state index in [1.54, 1.807) is 17.3 Å². The molecule has 4 saturated heterocycles. The minimum Gasteiger partial charge on any atom is -0.442 e. The Balaban J connectivity index is 0.000000146. The standard InChI is InChI=1S/C21H26N6O.C19H23N7O2/c1-14-8-16(4-5-22-14)17-9-25(10-17)13-20(28)27-11-18-19(12-27)23-15(2)24-21(18)26-6-3-7-26;1-12-20-6-14(7-21-12)25-8-15(9-25)28-19(27)26-10-16-17(11-26)22-13(2)23-18(16)24-4-3-5-24/h4-5,8,17H,3,6-7,9-13H2,1-2H3;6-7,15H,3-5,8-11H2,1-2H3. The molecule has 4 aromatic rings. The highest BCUT2D eigenvalue weighted by Gasteiger charge is 2.37. The molecule has 0 atom stereocenters. The summed E-state index contributed by atoms with van der Waals surface area (Å²) in [5, 5.41) is 0. The van der Waals surface area contributed by atoms with Crippen molar-refractivity contribution in [3.63, 3.8) is 0 Å². The van der Waals surface area contributed by atoms with Crippen molar-refractivity contribution >= 4 is 29.3 Å². The third kappa shape index (κ3) is 7.29. The molecule has 292 valence electrons. The average Bonchev–Trinajstić information content (AvgIpc) is 3.72. The summed E-state index contributed by atoms with van der Waals surface area (Å²) in [5.41, 5.74) is 7.51. The molecular weight excluding hydrogens is 711 g/mol. The van der Waals surface area contributed by atoms with Gasteiger partial charge in [0.1, 0.15) is 35.2 Å². The number of amides is 2. The van der Waals surface area contributed by atoms with Gasteiger partial charge in [0.05, 0.1) is 75.3 Å². The molecule has 0 saturated carbocycles. The maximum absolute atomic E-state index is 12.9. The Morgan fingerprint density at radius 2 is 1.29 bits per heavy atom. The van der Waals surface area contributed by atoms with Gasteiger partial charge in [0.25, 0.3) is 0 Å². The van der Waals surface area contributed by atoms with E-state index in [4.69, 9.17) is 4.74 Å².